The first kappa shape index (κ1) is 14.4. The topological polar surface area (TPSA) is 70.2 Å². The van der Waals surface area contributed by atoms with Crippen molar-refractivity contribution in [2.24, 2.45) is 0 Å². The summed E-state index contributed by atoms with van der Waals surface area (Å²) in [7, 11) is 1.64. The third-order valence-corrected chi connectivity index (χ3v) is 4.09. The van der Waals surface area contributed by atoms with Crippen LogP contribution in [0.3, 0.4) is 0 Å². The van der Waals surface area contributed by atoms with E-state index in [0.29, 0.717) is 6.54 Å². The van der Waals surface area contributed by atoms with Gasteiger partial charge in [-0.3, -0.25) is 10.00 Å². The number of aromatic amines is 1. The lowest BCUT2D eigenvalue weighted by Gasteiger charge is -2.27. The molecule has 2 N–H and O–H groups in total. The van der Waals surface area contributed by atoms with E-state index >= 15 is 0 Å². The van der Waals surface area contributed by atoms with Gasteiger partial charge in [-0.1, -0.05) is 6.07 Å². The highest BCUT2D eigenvalue weighted by molar-refractivity contribution is 6.02. The molecule has 0 saturated carbocycles. The molecule has 116 valence electrons. The van der Waals surface area contributed by atoms with Crippen LogP contribution in [0.4, 0.5) is 16.2 Å². The first-order valence-electron chi connectivity index (χ1n) is 7.36. The smallest absolute Gasteiger partial charge is 0.326 e. The molecule has 3 rings (SSSR count). The first-order chi connectivity index (χ1) is 10.6. The number of benzene rings is 1. The lowest BCUT2D eigenvalue weighted by atomic mass is 10.1. The van der Waals surface area contributed by atoms with Gasteiger partial charge in [0.1, 0.15) is 5.75 Å². The van der Waals surface area contributed by atoms with Crippen LogP contribution in [0.2, 0.25) is 0 Å². The number of fused-ring (bicyclic) bond motifs is 1. The summed E-state index contributed by atoms with van der Waals surface area (Å²) in [6.07, 6.45) is 3.56. The summed E-state index contributed by atoms with van der Waals surface area (Å²) in [5, 5.41) is 9.96. The minimum absolute atomic E-state index is 0.142. The first-order valence-corrected chi connectivity index (χ1v) is 7.36. The number of aromatic nitrogens is 2. The number of amides is 2. The Morgan fingerprint density at radius 1 is 1.41 bits per heavy atom. The van der Waals surface area contributed by atoms with Crippen LogP contribution < -0.4 is 15.0 Å². The summed E-state index contributed by atoms with van der Waals surface area (Å²) in [5.41, 5.74) is 4.62. The van der Waals surface area contributed by atoms with E-state index in [1.54, 1.807) is 18.2 Å². The van der Waals surface area contributed by atoms with Gasteiger partial charge in [0.15, 0.2) is 0 Å². The Kier molecular flexibility index (Phi) is 3.75. The van der Waals surface area contributed by atoms with Crippen molar-refractivity contribution in [2.75, 3.05) is 23.9 Å². The molecule has 2 amide bonds. The number of carbonyl (C=O) groups excluding carboxylic acids is 1. The molecule has 0 saturated heterocycles. The summed E-state index contributed by atoms with van der Waals surface area (Å²) in [4.78, 5) is 14.3. The molecule has 1 aliphatic heterocycles. The zero-order chi connectivity index (χ0) is 15.7. The zero-order valence-electron chi connectivity index (χ0n) is 13.1. The van der Waals surface area contributed by atoms with E-state index in [1.165, 1.54) is 0 Å². The number of hydrogen-bond donors (Lipinski definition) is 2. The molecule has 2 heterocycles. The van der Waals surface area contributed by atoms with Gasteiger partial charge in [-0.05, 0) is 38.3 Å². The van der Waals surface area contributed by atoms with Gasteiger partial charge in [-0.15, -0.1) is 0 Å². The number of nitrogens with one attached hydrogen (secondary N) is 2. The van der Waals surface area contributed by atoms with Crippen LogP contribution in [0.25, 0.3) is 0 Å². The Balaban J connectivity index is 1.85. The summed E-state index contributed by atoms with van der Waals surface area (Å²) >= 11 is 0. The molecule has 1 aromatic heterocycles. The fourth-order valence-electron chi connectivity index (χ4n) is 2.93. The normalized spacial score (nSPS) is 13.7. The third-order valence-electron chi connectivity index (χ3n) is 4.09. The van der Waals surface area contributed by atoms with Crippen LogP contribution in [0.5, 0.6) is 5.75 Å². The van der Waals surface area contributed by atoms with Gasteiger partial charge in [0.05, 0.1) is 24.7 Å². The molecule has 1 aromatic carbocycles. The number of ether oxygens (including phenoxy) is 1. The molecular weight excluding hydrogens is 280 g/mol. The van der Waals surface area contributed by atoms with Crippen molar-refractivity contribution in [1.82, 2.24) is 10.2 Å². The third kappa shape index (κ3) is 2.41. The maximum atomic E-state index is 12.6. The average molecular weight is 300 g/mol. The quantitative estimate of drug-likeness (QED) is 0.895. The van der Waals surface area contributed by atoms with E-state index in [1.807, 2.05) is 26.0 Å². The lowest BCUT2D eigenvalue weighted by molar-refractivity contribution is 0.256. The van der Waals surface area contributed by atoms with Gasteiger partial charge in [-0.25, -0.2) is 4.79 Å². The monoisotopic (exact) mass is 300 g/mol. The van der Waals surface area contributed by atoms with Crippen molar-refractivity contribution >= 4 is 17.4 Å². The van der Waals surface area contributed by atoms with Crippen molar-refractivity contribution in [1.29, 1.82) is 0 Å². The number of carbonyl (C=O) groups is 1. The van der Waals surface area contributed by atoms with Crippen LogP contribution in [0.1, 0.15) is 23.2 Å². The molecule has 22 heavy (non-hydrogen) atoms. The summed E-state index contributed by atoms with van der Waals surface area (Å²) < 4.78 is 5.41. The summed E-state index contributed by atoms with van der Waals surface area (Å²) in [5.74, 6) is 0.806. The fourth-order valence-corrected chi connectivity index (χ4v) is 2.93. The van der Waals surface area contributed by atoms with E-state index in [4.69, 9.17) is 4.74 Å². The van der Waals surface area contributed by atoms with Crippen LogP contribution in [-0.4, -0.2) is 29.9 Å². The SMILES string of the molecule is COc1c(C)ccc(NC(=O)N2CCCc3[nH]ncc32)c1C. The average Bonchev–Trinajstić information content (AvgIpc) is 2.99. The number of H-pyrrole nitrogens is 1. The highest BCUT2D eigenvalue weighted by Gasteiger charge is 2.24. The van der Waals surface area contributed by atoms with E-state index in [0.717, 1.165) is 46.8 Å². The molecule has 0 bridgehead atoms. The van der Waals surface area contributed by atoms with E-state index in [2.05, 4.69) is 15.5 Å². The molecule has 0 radical (unpaired) electrons. The molecule has 0 spiro atoms. The van der Waals surface area contributed by atoms with Crippen LogP contribution >= 0.6 is 0 Å². The van der Waals surface area contributed by atoms with Gasteiger partial charge in [0.25, 0.3) is 0 Å². The van der Waals surface area contributed by atoms with Gasteiger partial charge in [-0.2, -0.15) is 5.10 Å². The van der Waals surface area contributed by atoms with Crippen molar-refractivity contribution in [3.05, 3.63) is 35.2 Å². The maximum Gasteiger partial charge on any atom is 0.326 e. The fraction of sp³-hybridized carbons (Fsp3) is 0.375. The molecule has 0 unspecified atom stereocenters. The maximum absolute atomic E-state index is 12.6. The minimum Gasteiger partial charge on any atom is -0.496 e. The number of nitrogens with zero attached hydrogens (tertiary/aromatic N) is 2. The second-order valence-electron chi connectivity index (χ2n) is 5.51. The highest BCUT2D eigenvalue weighted by atomic mass is 16.5. The number of hydrogen-bond acceptors (Lipinski definition) is 3. The minimum atomic E-state index is -0.142. The van der Waals surface area contributed by atoms with Gasteiger partial charge >= 0.3 is 6.03 Å². The second kappa shape index (κ2) is 5.71. The van der Waals surface area contributed by atoms with Crippen molar-refractivity contribution < 1.29 is 9.53 Å². The molecule has 6 heteroatoms. The summed E-state index contributed by atoms with van der Waals surface area (Å²) in [6, 6.07) is 3.71. The van der Waals surface area contributed by atoms with Crippen molar-refractivity contribution in [3.63, 3.8) is 0 Å². The van der Waals surface area contributed by atoms with Crippen molar-refractivity contribution in [3.8, 4) is 5.75 Å². The van der Waals surface area contributed by atoms with Gasteiger partial charge in [0, 0.05) is 17.8 Å². The Hall–Kier alpha value is -2.50. The van der Waals surface area contributed by atoms with E-state index < -0.39 is 0 Å². The van der Waals surface area contributed by atoms with Gasteiger partial charge in [0.2, 0.25) is 0 Å². The van der Waals surface area contributed by atoms with Crippen LogP contribution in [-0.2, 0) is 6.42 Å². The largest absolute Gasteiger partial charge is 0.496 e. The lowest BCUT2D eigenvalue weighted by Crippen LogP contribution is -2.38. The molecule has 1 aliphatic rings. The number of aryl methyl sites for hydroxylation is 2. The Morgan fingerprint density at radius 2 is 2.23 bits per heavy atom. The zero-order valence-corrected chi connectivity index (χ0v) is 13.1. The van der Waals surface area contributed by atoms with Crippen molar-refractivity contribution in [2.45, 2.75) is 26.7 Å². The summed E-state index contributed by atoms with van der Waals surface area (Å²) in [6.45, 7) is 4.63. The van der Waals surface area contributed by atoms with E-state index in [9.17, 15) is 4.79 Å². The Labute approximate surface area is 129 Å². The molecule has 6 nitrogen and oxygen atoms in total. The Morgan fingerprint density at radius 3 is 3.00 bits per heavy atom. The second-order valence-corrected chi connectivity index (χ2v) is 5.51. The number of urea groups is 1. The molecular formula is C16H20N4O2. The van der Waals surface area contributed by atoms with Crippen LogP contribution in [0.15, 0.2) is 18.3 Å². The Bertz CT molecular complexity index is 708. The number of rotatable bonds is 2. The molecule has 0 atom stereocenters. The molecule has 0 fully saturated rings. The number of anilines is 2. The van der Waals surface area contributed by atoms with Crippen LogP contribution in [0, 0.1) is 13.8 Å². The standard InChI is InChI=1S/C16H20N4O2/c1-10-6-7-12(11(2)15(10)22-3)18-16(21)20-8-4-5-13-14(20)9-17-19-13/h6-7,9H,4-5,8H2,1-3H3,(H,17,19)(H,18,21). The molecule has 0 aliphatic carbocycles. The predicted molar refractivity (Wildman–Crippen MR) is 85.7 cm³/mol. The van der Waals surface area contributed by atoms with Gasteiger partial charge < -0.3 is 10.1 Å². The predicted octanol–water partition coefficient (Wildman–Crippen LogP) is 3.02. The number of methoxy groups -OCH3 is 1. The van der Waals surface area contributed by atoms with E-state index in [-0.39, 0.29) is 6.03 Å². The molecule has 2 aromatic rings. The highest BCUT2D eigenvalue weighted by Crippen LogP contribution is 2.30.